The van der Waals surface area contributed by atoms with E-state index >= 15 is 0 Å². The lowest BCUT2D eigenvalue weighted by Crippen LogP contribution is -2.02. The molecule has 6 heteroatoms. The van der Waals surface area contributed by atoms with Crippen LogP contribution in [0.2, 0.25) is 0 Å². The third-order valence-electron chi connectivity index (χ3n) is 4.42. The molecular weight excluding hydrogens is 340 g/mol. The first-order valence-electron chi connectivity index (χ1n) is 8.65. The molecule has 0 spiro atoms. The lowest BCUT2D eigenvalue weighted by molar-refractivity contribution is 0.354. The molecule has 0 saturated heterocycles. The predicted octanol–water partition coefficient (Wildman–Crippen LogP) is 3.73. The van der Waals surface area contributed by atoms with Crippen molar-refractivity contribution in [2.45, 2.75) is 13.3 Å². The number of methoxy groups -OCH3 is 2. The van der Waals surface area contributed by atoms with Gasteiger partial charge in [-0.1, -0.05) is 18.2 Å². The number of benzene rings is 2. The van der Waals surface area contributed by atoms with Gasteiger partial charge in [0.1, 0.15) is 5.82 Å². The highest BCUT2D eigenvalue weighted by atomic mass is 16.5. The van der Waals surface area contributed by atoms with Gasteiger partial charge < -0.3 is 9.47 Å². The Morgan fingerprint density at radius 3 is 2.59 bits per heavy atom. The molecule has 2 aromatic carbocycles. The highest BCUT2D eigenvalue weighted by molar-refractivity contribution is 5.75. The molecule has 136 valence electrons. The summed E-state index contributed by atoms with van der Waals surface area (Å²) in [6.07, 6.45) is 4.20. The smallest absolute Gasteiger partial charge is 0.166 e. The van der Waals surface area contributed by atoms with Crippen molar-refractivity contribution in [2.24, 2.45) is 0 Å². The number of aryl methyl sites for hydroxylation is 1. The number of nitrogens with zero attached hydrogens (tertiary/aromatic N) is 4. The third kappa shape index (κ3) is 3.33. The molecule has 0 radical (unpaired) electrons. The zero-order chi connectivity index (χ0) is 18.8. The molecule has 0 N–H and O–H groups in total. The van der Waals surface area contributed by atoms with Crippen molar-refractivity contribution >= 4 is 11.0 Å². The lowest BCUT2D eigenvalue weighted by Gasteiger charge is -2.09. The van der Waals surface area contributed by atoms with Crippen molar-refractivity contribution in [3.8, 4) is 17.2 Å². The second kappa shape index (κ2) is 7.07. The fraction of sp³-hybridized carbons (Fsp3) is 0.190. The Morgan fingerprint density at radius 1 is 0.963 bits per heavy atom. The van der Waals surface area contributed by atoms with Crippen molar-refractivity contribution in [2.75, 3.05) is 14.2 Å². The van der Waals surface area contributed by atoms with Gasteiger partial charge >= 0.3 is 0 Å². The Bertz CT molecular complexity index is 1100. The quantitative estimate of drug-likeness (QED) is 0.543. The minimum atomic E-state index is 0.593. The summed E-state index contributed by atoms with van der Waals surface area (Å²) in [5, 5.41) is 5.39. The van der Waals surface area contributed by atoms with Gasteiger partial charge in [-0.15, -0.1) is 0 Å². The summed E-state index contributed by atoms with van der Waals surface area (Å²) in [4.78, 5) is 9.24. The molecule has 4 rings (SSSR count). The summed E-state index contributed by atoms with van der Waals surface area (Å²) in [5.74, 6) is 2.13. The van der Waals surface area contributed by atoms with Crippen LogP contribution in [0.25, 0.3) is 16.7 Å². The minimum absolute atomic E-state index is 0.593. The van der Waals surface area contributed by atoms with E-state index in [1.807, 2.05) is 41.2 Å². The van der Waals surface area contributed by atoms with Gasteiger partial charge in [-0.05, 0) is 42.3 Å². The van der Waals surface area contributed by atoms with Gasteiger partial charge in [-0.2, -0.15) is 5.10 Å². The summed E-state index contributed by atoms with van der Waals surface area (Å²) in [6, 6.07) is 14.0. The number of ether oxygens (including phenoxy) is 2. The second-order valence-electron chi connectivity index (χ2n) is 6.33. The Kier molecular flexibility index (Phi) is 4.46. The number of fused-ring (bicyclic) bond motifs is 1. The number of hydrogen-bond donors (Lipinski definition) is 0. The van der Waals surface area contributed by atoms with E-state index in [1.54, 1.807) is 20.4 Å². The van der Waals surface area contributed by atoms with Crippen LogP contribution in [0.3, 0.4) is 0 Å². The molecule has 0 unspecified atom stereocenters. The summed E-state index contributed by atoms with van der Waals surface area (Å²) in [7, 11) is 3.26. The molecule has 6 nitrogen and oxygen atoms in total. The average Bonchev–Trinajstić information content (AvgIpc) is 3.11. The van der Waals surface area contributed by atoms with E-state index in [9.17, 15) is 0 Å². The molecule has 0 aliphatic rings. The Morgan fingerprint density at radius 2 is 1.81 bits per heavy atom. The fourth-order valence-corrected chi connectivity index (χ4v) is 3.06. The summed E-state index contributed by atoms with van der Waals surface area (Å²) in [6.45, 7) is 2.06. The van der Waals surface area contributed by atoms with E-state index in [4.69, 9.17) is 14.5 Å². The molecule has 2 heterocycles. The maximum atomic E-state index is 5.38. The minimum Gasteiger partial charge on any atom is -0.493 e. The van der Waals surface area contributed by atoms with Gasteiger partial charge in [-0.25, -0.2) is 14.6 Å². The van der Waals surface area contributed by atoms with Crippen molar-refractivity contribution in [3.05, 3.63) is 71.8 Å². The highest BCUT2D eigenvalue weighted by Crippen LogP contribution is 2.28. The van der Waals surface area contributed by atoms with Gasteiger partial charge in [0.25, 0.3) is 0 Å². The van der Waals surface area contributed by atoms with E-state index in [1.165, 1.54) is 5.56 Å². The Balaban J connectivity index is 1.70. The number of hydrogen-bond acceptors (Lipinski definition) is 5. The Labute approximate surface area is 157 Å². The first-order chi connectivity index (χ1) is 13.2. The van der Waals surface area contributed by atoms with Crippen molar-refractivity contribution < 1.29 is 9.47 Å². The van der Waals surface area contributed by atoms with Crippen LogP contribution in [-0.4, -0.2) is 34.0 Å². The second-order valence-corrected chi connectivity index (χ2v) is 6.33. The predicted molar refractivity (Wildman–Crippen MR) is 104 cm³/mol. The first kappa shape index (κ1) is 17.0. The molecule has 0 saturated carbocycles. The monoisotopic (exact) mass is 360 g/mol. The molecule has 0 aliphatic heterocycles. The van der Waals surface area contributed by atoms with Crippen LogP contribution >= 0.6 is 0 Å². The molecular formula is C21H20N4O2. The third-order valence-corrected chi connectivity index (χ3v) is 4.42. The summed E-state index contributed by atoms with van der Waals surface area (Å²) >= 11 is 0. The zero-order valence-corrected chi connectivity index (χ0v) is 15.5. The van der Waals surface area contributed by atoms with Gasteiger partial charge in [-0.3, -0.25) is 0 Å². The molecule has 0 aliphatic carbocycles. The topological polar surface area (TPSA) is 62.1 Å². The standard InChI is InChI=1S/C21H20N4O2/c1-14-5-4-6-17(9-14)25-21-16(13-23-25)12-22-20(24-21)11-15-7-8-18(26-2)19(10-15)27-3/h4-10,12-13H,11H2,1-3H3. The van der Waals surface area contributed by atoms with Crippen molar-refractivity contribution in [1.82, 2.24) is 19.7 Å². The Hall–Kier alpha value is -3.41. The van der Waals surface area contributed by atoms with E-state index < -0.39 is 0 Å². The van der Waals surface area contributed by atoms with Crippen molar-refractivity contribution in [3.63, 3.8) is 0 Å². The summed E-state index contributed by atoms with van der Waals surface area (Å²) in [5.41, 5.74) is 4.01. The van der Waals surface area contributed by atoms with Gasteiger partial charge in [0.2, 0.25) is 0 Å². The van der Waals surface area contributed by atoms with Crippen LogP contribution in [0, 0.1) is 6.92 Å². The van der Waals surface area contributed by atoms with Gasteiger partial charge in [0.05, 0.1) is 31.5 Å². The zero-order valence-electron chi connectivity index (χ0n) is 15.5. The molecule has 27 heavy (non-hydrogen) atoms. The summed E-state index contributed by atoms with van der Waals surface area (Å²) < 4.78 is 12.5. The van der Waals surface area contributed by atoms with Crippen LogP contribution < -0.4 is 9.47 Å². The lowest BCUT2D eigenvalue weighted by atomic mass is 10.1. The van der Waals surface area contributed by atoms with E-state index in [2.05, 4.69) is 29.1 Å². The molecule has 0 atom stereocenters. The largest absolute Gasteiger partial charge is 0.493 e. The molecule has 0 bridgehead atoms. The number of rotatable bonds is 5. The van der Waals surface area contributed by atoms with Crippen LogP contribution in [0.15, 0.2) is 54.9 Å². The van der Waals surface area contributed by atoms with Crippen LogP contribution in [0.4, 0.5) is 0 Å². The number of aromatic nitrogens is 4. The maximum absolute atomic E-state index is 5.38. The van der Waals surface area contributed by atoms with Crippen molar-refractivity contribution in [1.29, 1.82) is 0 Å². The van der Waals surface area contributed by atoms with Crippen LogP contribution in [-0.2, 0) is 6.42 Å². The van der Waals surface area contributed by atoms with Crippen LogP contribution in [0.1, 0.15) is 17.0 Å². The molecule has 2 aromatic heterocycles. The highest BCUT2D eigenvalue weighted by Gasteiger charge is 2.11. The van der Waals surface area contributed by atoms with E-state index in [0.29, 0.717) is 17.9 Å². The van der Waals surface area contributed by atoms with Gasteiger partial charge in [0.15, 0.2) is 17.1 Å². The maximum Gasteiger partial charge on any atom is 0.166 e. The molecule has 4 aromatic rings. The SMILES string of the molecule is COc1ccc(Cc2ncc3cnn(-c4cccc(C)c4)c3n2)cc1OC. The van der Waals surface area contributed by atoms with Gasteiger partial charge in [0, 0.05) is 12.6 Å². The normalized spacial score (nSPS) is 10.9. The van der Waals surface area contributed by atoms with E-state index in [-0.39, 0.29) is 0 Å². The molecule has 0 fully saturated rings. The molecule has 0 amide bonds. The van der Waals surface area contributed by atoms with E-state index in [0.717, 1.165) is 28.1 Å². The fourth-order valence-electron chi connectivity index (χ4n) is 3.06. The average molecular weight is 360 g/mol. The van der Waals surface area contributed by atoms with Crippen LogP contribution in [0.5, 0.6) is 11.5 Å². The first-order valence-corrected chi connectivity index (χ1v) is 8.65.